The lowest BCUT2D eigenvalue weighted by Gasteiger charge is -2.18. The van der Waals surface area contributed by atoms with Gasteiger partial charge in [0.25, 0.3) is 0 Å². The highest BCUT2D eigenvalue weighted by atomic mass is 31.2. The van der Waals surface area contributed by atoms with E-state index >= 15 is 0 Å². The molecule has 9 nitrogen and oxygen atoms in total. The Morgan fingerprint density at radius 2 is 1.12 bits per heavy atom. The molecule has 286 valence electrons. The Balaban J connectivity index is 2.09. The van der Waals surface area contributed by atoms with E-state index in [1.807, 2.05) is 0 Å². The third-order valence-corrected chi connectivity index (χ3v) is 9.35. The fraction of sp³-hybridized carbons (Fsp3) is 0.846. The average molecular weight is 715 g/mol. The van der Waals surface area contributed by atoms with Gasteiger partial charge in [-0.1, -0.05) is 128 Å². The predicted molar refractivity (Wildman–Crippen MR) is 197 cm³/mol. The van der Waals surface area contributed by atoms with Gasteiger partial charge in [-0.15, -0.1) is 0 Å². The molecule has 0 bridgehead atoms. The minimum absolute atomic E-state index is 0.189. The van der Waals surface area contributed by atoms with E-state index in [1.54, 1.807) is 0 Å². The molecular weight excluding hydrogens is 643 g/mol. The van der Waals surface area contributed by atoms with Crippen LogP contribution in [0.2, 0.25) is 0 Å². The summed E-state index contributed by atoms with van der Waals surface area (Å²) < 4.78 is 32.1. The standard InChI is InChI=1S/C39H71O9P/c1-3-5-7-9-11-12-13-14-15-16-17-18-19-23-27-31-38(40)45-33-35(34-46-49(42,43)44)47-39(41)32-28-24-20-22-26-30-37-36(48-37)29-25-21-10-8-6-4-2/h12-13,21,25,35-37H,3-11,14-20,22-24,26-34H2,1-2H3,(H2,42,43,44)/b13-12-,25-21-/t35-,36?,37?/m1/s1. The monoisotopic (exact) mass is 714 g/mol. The number of ether oxygens (including phenoxy) is 3. The molecule has 10 heteroatoms. The number of epoxide rings is 1. The topological polar surface area (TPSA) is 132 Å². The number of rotatable bonds is 35. The molecule has 1 heterocycles. The normalized spacial score (nSPS) is 16.8. The summed E-state index contributed by atoms with van der Waals surface area (Å²) in [4.78, 5) is 42.8. The molecule has 0 spiro atoms. The van der Waals surface area contributed by atoms with Crippen molar-refractivity contribution in [2.45, 2.75) is 199 Å². The van der Waals surface area contributed by atoms with Gasteiger partial charge < -0.3 is 24.0 Å². The summed E-state index contributed by atoms with van der Waals surface area (Å²) in [6, 6.07) is 0. The zero-order valence-corrected chi connectivity index (χ0v) is 31.9. The second-order valence-corrected chi connectivity index (χ2v) is 14.9. The smallest absolute Gasteiger partial charge is 0.462 e. The van der Waals surface area contributed by atoms with E-state index in [-0.39, 0.29) is 19.4 Å². The third-order valence-electron chi connectivity index (χ3n) is 8.87. The average Bonchev–Trinajstić information content (AvgIpc) is 3.82. The van der Waals surface area contributed by atoms with Gasteiger partial charge in [0.1, 0.15) is 6.61 Å². The number of esters is 2. The number of allylic oxidation sites excluding steroid dienone is 3. The molecule has 0 radical (unpaired) electrons. The van der Waals surface area contributed by atoms with Crippen molar-refractivity contribution in [3.05, 3.63) is 24.3 Å². The molecule has 2 N–H and O–H groups in total. The van der Waals surface area contributed by atoms with Crippen molar-refractivity contribution in [3.63, 3.8) is 0 Å². The zero-order valence-electron chi connectivity index (χ0n) is 31.0. The van der Waals surface area contributed by atoms with Gasteiger partial charge in [-0.25, -0.2) is 4.57 Å². The first-order chi connectivity index (χ1) is 23.7. The largest absolute Gasteiger partial charge is 0.469 e. The zero-order chi connectivity index (χ0) is 35.8. The first-order valence-electron chi connectivity index (χ1n) is 19.8. The Kier molecular flexibility index (Phi) is 29.0. The Hall–Kier alpha value is -1.51. The van der Waals surface area contributed by atoms with Crippen molar-refractivity contribution >= 4 is 19.8 Å². The van der Waals surface area contributed by atoms with Crippen molar-refractivity contribution in [2.75, 3.05) is 13.2 Å². The highest BCUT2D eigenvalue weighted by molar-refractivity contribution is 7.46. The maximum atomic E-state index is 12.4. The van der Waals surface area contributed by atoms with Crippen LogP contribution in [0.3, 0.4) is 0 Å². The minimum Gasteiger partial charge on any atom is -0.462 e. The Morgan fingerprint density at radius 3 is 1.73 bits per heavy atom. The molecule has 0 aliphatic carbocycles. The molecule has 1 rings (SSSR count). The van der Waals surface area contributed by atoms with Crippen LogP contribution in [-0.2, 0) is 32.9 Å². The van der Waals surface area contributed by atoms with E-state index in [4.69, 9.17) is 24.0 Å². The Bertz CT molecular complexity index is 916. The van der Waals surface area contributed by atoms with Crippen LogP contribution in [0.25, 0.3) is 0 Å². The number of phosphoric ester groups is 1. The van der Waals surface area contributed by atoms with E-state index in [0.717, 1.165) is 70.6 Å². The number of carbonyl (C=O) groups excluding carboxylic acids is 2. The van der Waals surface area contributed by atoms with Crippen LogP contribution in [-0.4, -0.2) is 53.3 Å². The van der Waals surface area contributed by atoms with Gasteiger partial charge >= 0.3 is 19.8 Å². The molecule has 1 aliphatic rings. The molecule has 3 atom stereocenters. The van der Waals surface area contributed by atoms with Gasteiger partial charge in [0.2, 0.25) is 0 Å². The maximum Gasteiger partial charge on any atom is 0.469 e. The van der Waals surface area contributed by atoms with Crippen molar-refractivity contribution < 1.29 is 42.7 Å². The fourth-order valence-corrected chi connectivity index (χ4v) is 6.15. The molecule has 49 heavy (non-hydrogen) atoms. The quantitative estimate of drug-likeness (QED) is 0.0216. The summed E-state index contributed by atoms with van der Waals surface area (Å²) in [5, 5.41) is 0. The van der Waals surface area contributed by atoms with E-state index in [9.17, 15) is 14.2 Å². The summed E-state index contributed by atoms with van der Waals surface area (Å²) in [5.41, 5.74) is 0. The van der Waals surface area contributed by atoms with Gasteiger partial charge in [-0.05, 0) is 64.2 Å². The van der Waals surface area contributed by atoms with Gasteiger partial charge in [0.15, 0.2) is 6.10 Å². The first kappa shape index (κ1) is 45.5. The SMILES string of the molecule is CCCCC/C=C\CC1OC1CCCCCCCC(=O)O[C@H](COC(=O)CCCCCCCCC/C=C\CCCCCC)COP(=O)(O)O. The van der Waals surface area contributed by atoms with E-state index in [2.05, 4.69) is 42.7 Å². The molecule has 1 fully saturated rings. The third kappa shape index (κ3) is 31.0. The lowest BCUT2D eigenvalue weighted by atomic mass is 10.1. The summed E-state index contributed by atoms with van der Waals surface area (Å²) in [6.07, 6.45) is 36.3. The lowest BCUT2D eigenvalue weighted by molar-refractivity contribution is -0.161. The van der Waals surface area contributed by atoms with Crippen LogP contribution >= 0.6 is 7.82 Å². The maximum absolute atomic E-state index is 12.4. The van der Waals surface area contributed by atoms with E-state index < -0.39 is 32.5 Å². The van der Waals surface area contributed by atoms with Crippen LogP contribution in [0.4, 0.5) is 0 Å². The summed E-state index contributed by atoms with van der Waals surface area (Å²) in [7, 11) is -4.76. The van der Waals surface area contributed by atoms with Crippen LogP contribution in [0.1, 0.15) is 181 Å². The predicted octanol–water partition coefficient (Wildman–Crippen LogP) is 10.6. The molecule has 0 aromatic rings. The minimum atomic E-state index is -4.76. The molecular formula is C39H71O9P. The van der Waals surface area contributed by atoms with Gasteiger partial charge in [-0.2, -0.15) is 0 Å². The number of unbranched alkanes of at least 4 members (excludes halogenated alkanes) is 18. The van der Waals surface area contributed by atoms with Gasteiger partial charge in [-0.3, -0.25) is 14.1 Å². The number of hydrogen-bond acceptors (Lipinski definition) is 7. The van der Waals surface area contributed by atoms with Crippen LogP contribution in [0, 0.1) is 0 Å². The molecule has 1 saturated heterocycles. The first-order valence-corrected chi connectivity index (χ1v) is 21.3. The summed E-state index contributed by atoms with van der Waals surface area (Å²) in [5.74, 6) is -0.911. The highest BCUT2D eigenvalue weighted by Gasteiger charge is 2.36. The summed E-state index contributed by atoms with van der Waals surface area (Å²) >= 11 is 0. The van der Waals surface area contributed by atoms with Crippen molar-refractivity contribution in [1.29, 1.82) is 0 Å². The Labute approximate surface area is 298 Å². The molecule has 1 aliphatic heterocycles. The Morgan fingerprint density at radius 1 is 0.633 bits per heavy atom. The van der Waals surface area contributed by atoms with Crippen LogP contribution in [0.15, 0.2) is 24.3 Å². The van der Waals surface area contributed by atoms with Crippen LogP contribution in [0.5, 0.6) is 0 Å². The highest BCUT2D eigenvalue weighted by Crippen LogP contribution is 2.36. The van der Waals surface area contributed by atoms with Crippen molar-refractivity contribution in [2.24, 2.45) is 0 Å². The molecule has 0 aromatic heterocycles. The molecule has 2 unspecified atom stereocenters. The second-order valence-electron chi connectivity index (χ2n) is 13.6. The van der Waals surface area contributed by atoms with Crippen molar-refractivity contribution in [1.82, 2.24) is 0 Å². The molecule has 0 saturated carbocycles. The second kappa shape index (κ2) is 31.2. The van der Waals surface area contributed by atoms with Gasteiger partial charge in [0, 0.05) is 12.8 Å². The lowest BCUT2D eigenvalue weighted by Crippen LogP contribution is -2.29. The molecule has 0 amide bonds. The van der Waals surface area contributed by atoms with Gasteiger partial charge in [0.05, 0.1) is 18.8 Å². The fourth-order valence-electron chi connectivity index (χ4n) is 5.79. The number of carbonyl (C=O) groups is 2. The number of hydrogen-bond donors (Lipinski definition) is 2. The summed E-state index contributed by atoms with van der Waals surface area (Å²) in [6.45, 7) is 3.62. The molecule has 0 aromatic carbocycles. The van der Waals surface area contributed by atoms with E-state index in [0.29, 0.717) is 25.0 Å². The van der Waals surface area contributed by atoms with E-state index in [1.165, 1.54) is 70.6 Å². The number of phosphoric acid groups is 1. The van der Waals surface area contributed by atoms with Crippen LogP contribution < -0.4 is 0 Å². The van der Waals surface area contributed by atoms with Crippen molar-refractivity contribution in [3.8, 4) is 0 Å².